The zero-order valence-electron chi connectivity index (χ0n) is 19.4. The maximum absolute atomic E-state index is 12.6. The van der Waals surface area contributed by atoms with E-state index in [1.807, 2.05) is 20.8 Å². The number of esters is 1. The van der Waals surface area contributed by atoms with E-state index >= 15 is 0 Å². The Labute approximate surface area is 171 Å². The van der Waals surface area contributed by atoms with Gasteiger partial charge in [0, 0.05) is 0 Å². The molecule has 0 heterocycles. The molecule has 0 spiro atoms. The van der Waals surface area contributed by atoms with Gasteiger partial charge in [0.15, 0.2) is 0 Å². The van der Waals surface area contributed by atoms with Crippen LogP contribution in [-0.4, -0.2) is 22.6 Å². The molecule has 4 aliphatic rings. The van der Waals surface area contributed by atoms with Gasteiger partial charge < -0.3 is 9.84 Å². The fourth-order valence-electron chi connectivity index (χ4n) is 6.09. The summed E-state index contributed by atoms with van der Waals surface area (Å²) in [5, 5.41) is 8.44. The first-order valence-electron chi connectivity index (χ1n) is 11.1. The quantitative estimate of drug-likeness (QED) is 0.562. The van der Waals surface area contributed by atoms with Gasteiger partial charge in [-0.1, -0.05) is 27.7 Å². The lowest BCUT2D eigenvalue weighted by atomic mass is 9.43. The van der Waals surface area contributed by atoms with E-state index in [1.54, 1.807) is 13.8 Å². The van der Waals surface area contributed by atoms with Crippen molar-refractivity contribution < 1.29 is 19.4 Å². The zero-order valence-corrected chi connectivity index (χ0v) is 19.4. The van der Waals surface area contributed by atoms with Gasteiger partial charge in [-0.2, -0.15) is 0 Å². The molecule has 4 bridgehead atoms. The Morgan fingerprint density at radius 2 is 1.36 bits per heavy atom. The number of carbonyl (C=O) groups excluding carboxylic acids is 1. The molecule has 0 amide bonds. The van der Waals surface area contributed by atoms with E-state index in [-0.39, 0.29) is 17.0 Å². The molecule has 0 aromatic carbocycles. The van der Waals surface area contributed by atoms with E-state index in [0.717, 1.165) is 31.6 Å². The van der Waals surface area contributed by atoms with Gasteiger partial charge in [0.25, 0.3) is 0 Å². The van der Waals surface area contributed by atoms with Crippen molar-refractivity contribution in [1.29, 1.82) is 0 Å². The minimum Gasteiger partial charge on any atom is -0.481 e. The zero-order chi connectivity index (χ0) is 21.6. The number of aliphatic carboxylic acids is 1. The van der Waals surface area contributed by atoms with Gasteiger partial charge in [0.2, 0.25) is 0 Å². The van der Waals surface area contributed by atoms with Crippen LogP contribution in [0.2, 0.25) is 0 Å². The maximum Gasteiger partial charge on any atom is 0.312 e. The average Bonchev–Trinajstić information content (AvgIpc) is 2.51. The van der Waals surface area contributed by atoms with Crippen molar-refractivity contribution in [3.63, 3.8) is 0 Å². The highest BCUT2D eigenvalue weighted by molar-refractivity contribution is 5.76. The summed E-state index contributed by atoms with van der Waals surface area (Å²) in [5.41, 5.74) is -0.215. The first-order chi connectivity index (χ1) is 12.6. The van der Waals surface area contributed by atoms with Crippen LogP contribution in [0.25, 0.3) is 0 Å². The largest absolute Gasteiger partial charge is 0.481 e. The van der Waals surface area contributed by atoms with Gasteiger partial charge >= 0.3 is 11.9 Å². The third kappa shape index (κ3) is 4.74. The van der Waals surface area contributed by atoms with Crippen LogP contribution < -0.4 is 0 Å². The van der Waals surface area contributed by atoms with E-state index < -0.39 is 11.4 Å². The molecule has 0 aromatic rings. The molecule has 0 aromatic heterocycles. The van der Waals surface area contributed by atoms with Gasteiger partial charge in [0.1, 0.15) is 5.60 Å². The lowest BCUT2D eigenvalue weighted by Crippen LogP contribution is -2.60. The summed E-state index contributed by atoms with van der Waals surface area (Å²) < 4.78 is 6.20. The highest BCUT2D eigenvalue weighted by Gasteiger charge is 2.62. The minimum atomic E-state index is -0.722. The fourth-order valence-corrected chi connectivity index (χ4v) is 6.09. The van der Waals surface area contributed by atoms with E-state index in [4.69, 9.17) is 9.84 Å². The predicted molar refractivity (Wildman–Crippen MR) is 112 cm³/mol. The van der Waals surface area contributed by atoms with Crippen LogP contribution >= 0.6 is 0 Å². The van der Waals surface area contributed by atoms with Gasteiger partial charge in [-0.25, -0.2) is 0 Å². The third-order valence-corrected chi connectivity index (χ3v) is 7.78. The van der Waals surface area contributed by atoms with Crippen molar-refractivity contribution in [2.24, 2.45) is 27.6 Å². The number of carboxylic acid groups (broad SMARTS) is 1. The van der Waals surface area contributed by atoms with Gasteiger partial charge in [-0.3, -0.25) is 9.59 Å². The van der Waals surface area contributed by atoms with Crippen molar-refractivity contribution in [3.8, 4) is 0 Å². The molecule has 2 unspecified atom stereocenters. The summed E-state index contributed by atoms with van der Waals surface area (Å²) in [7, 11) is 0. The smallest absolute Gasteiger partial charge is 0.312 e. The van der Waals surface area contributed by atoms with Crippen LogP contribution in [0, 0.1) is 27.6 Å². The van der Waals surface area contributed by atoms with E-state index in [2.05, 4.69) is 20.8 Å². The molecule has 0 saturated heterocycles. The Morgan fingerprint density at radius 1 is 0.893 bits per heavy atom. The molecule has 4 rings (SSSR count). The number of hydrogen-bond donors (Lipinski definition) is 1. The second-order valence-corrected chi connectivity index (χ2v) is 12.0. The SMILES string of the molecule is CCC(C)(C)C(=O)O.CCC(C)(C)C(=O)OC12CC3CC(C)(CC(C)(C3)C1)C2. The second kappa shape index (κ2) is 7.32. The second-order valence-electron chi connectivity index (χ2n) is 12.0. The highest BCUT2D eigenvalue weighted by atomic mass is 16.6. The topological polar surface area (TPSA) is 63.6 Å². The summed E-state index contributed by atoms with van der Waals surface area (Å²) in [6.45, 7) is 16.2. The number of ether oxygens (including phenoxy) is 1. The van der Waals surface area contributed by atoms with Gasteiger partial charge in [-0.05, 0) is 95.8 Å². The number of rotatable bonds is 5. The van der Waals surface area contributed by atoms with E-state index in [1.165, 1.54) is 19.3 Å². The molecule has 4 saturated carbocycles. The predicted octanol–water partition coefficient (Wildman–Crippen LogP) is 6.22. The summed E-state index contributed by atoms with van der Waals surface area (Å²) in [6, 6.07) is 0. The maximum atomic E-state index is 12.6. The lowest BCUT2D eigenvalue weighted by Gasteiger charge is -2.64. The van der Waals surface area contributed by atoms with E-state index in [9.17, 15) is 9.59 Å². The van der Waals surface area contributed by atoms with Crippen molar-refractivity contribution in [2.45, 2.75) is 112 Å². The van der Waals surface area contributed by atoms with Gasteiger partial charge in [-0.15, -0.1) is 0 Å². The molecular weight excluding hydrogens is 352 g/mol. The van der Waals surface area contributed by atoms with Crippen LogP contribution in [0.3, 0.4) is 0 Å². The fraction of sp³-hybridized carbons (Fsp3) is 0.917. The molecule has 4 nitrogen and oxygen atoms in total. The van der Waals surface area contributed by atoms with Gasteiger partial charge in [0.05, 0.1) is 10.8 Å². The molecule has 0 aliphatic heterocycles. The summed E-state index contributed by atoms with van der Waals surface area (Å²) in [6.07, 6.45) is 8.85. The summed E-state index contributed by atoms with van der Waals surface area (Å²) in [4.78, 5) is 22.8. The molecule has 162 valence electrons. The summed E-state index contributed by atoms with van der Waals surface area (Å²) in [5.74, 6) is 0.0768. The Hall–Kier alpha value is -1.06. The van der Waals surface area contributed by atoms with E-state index in [0.29, 0.717) is 17.3 Å². The molecule has 4 heteroatoms. The van der Waals surface area contributed by atoms with Crippen LogP contribution in [0.1, 0.15) is 107 Å². The van der Waals surface area contributed by atoms with Crippen molar-refractivity contribution in [2.75, 3.05) is 0 Å². The average molecular weight is 395 g/mol. The number of carbonyl (C=O) groups is 2. The molecule has 4 aliphatic carbocycles. The van der Waals surface area contributed by atoms with Crippen molar-refractivity contribution in [1.82, 2.24) is 0 Å². The lowest BCUT2D eigenvalue weighted by molar-refractivity contribution is -0.222. The standard InChI is InChI=1S/C18H30O2.C6H12O2/c1-6-15(2,3)14(19)20-18-9-13-7-16(4,11-18)10-17(5,8-13)12-18;1-4-6(2,3)5(7)8/h13H,6-12H2,1-5H3;4H2,1-3H3,(H,7,8). The highest BCUT2D eigenvalue weighted by Crippen LogP contribution is 2.67. The Morgan fingerprint density at radius 3 is 1.68 bits per heavy atom. The minimum absolute atomic E-state index is 0.0224. The van der Waals surface area contributed by atoms with Crippen LogP contribution in [-0.2, 0) is 14.3 Å². The Bertz CT molecular complexity index is 600. The summed E-state index contributed by atoms with van der Waals surface area (Å²) >= 11 is 0. The monoisotopic (exact) mass is 394 g/mol. The van der Waals surface area contributed by atoms with Crippen molar-refractivity contribution in [3.05, 3.63) is 0 Å². The third-order valence-electron chi connectivity index (χ3n) is 7.78. The van der Waals surface area contributed by atoms with Crippen molar-refractivity contribution >= 4 is 11.9 Å². The molecule has 0 radical (unpaired) electrons. The Kier molecular flexibility index (Phi) is 6.07. The molecule has 2 atom stereocenters. The Balaban J connectivity index is 0.000000300. The molecular formula is C24H42O4. The normalized spacial score (nSPS) is 36.5. The molecule has 1 N–H and O–H groups in total. The molecule has 28 heavy (non-hydrogen) atoms. The first-order valence-corrected chi connectivity index (χ1v) is 11.1. The first kappa shape index (κ1) is 23.2. The van der Waals surface area contributed by atoms with Crippen LogP contribution in [0.5, 0.6) is 0 Å². The number of carboxylic acids is 1. The van der Waals surface area contributed by atoms with Crippen LogP contribution in [0.15, 0.2) is 0 Å². The number of hydrogen-bond acceptors (Lipinski definition) is 3. The molecule has 4 fully saturated rings. The van der Waals surface area contributed by atoms with Crippen LogP contribution in [0.4, 0.5) is 0 Å².